The number of hydrogen-bond acceptors (Lipinski definition) is 3. The van der Waals surface area contributed by atoms with Crippen LogP contribution in [0.25, 0.3) is 0 Å². The Morgan fingerprint density at radius 3 is 2.56 bits per heavy atom. The maximum absolute atomic E-state index is 11.9. The van der Waals surface area contributed by atoms with Crippen molar-refractivity contribution in [2.75, 3.05) is 20.6 Å². The van der Waals surface area contributed by atoms with Crippen LogP contribution in [-0.2, 0) is 17.9 Å². The van der Waals surface area contributed by atoms with E-state index in [4.69, 9.17) is 5.11 Å². The minimum Gasteiger partial charge on any atom is -0.478 e. The summed E-state index contributed by atoms with van der Waals surface area (Å²) in [6.07, 6.45) is 0. The van der Waals surface area contributed by atoms with Gasteiger partial charge in [-0.1, -0.05) is 6.07 Å². The molecule has 5 heteroatoms. The summed E-state index contributed by atoms with van der Waals surface area (Å²) in [5, 5.41) is 8.92. The second kappa shape index (κ2) is 4.78. The lowest BCUT2D eigenvalue weighted by Gasteiger charge is -2.18. The Morgan fingerprint density at radius 2 is 1.94 bits per heavy atom. The number of carboxylic acid groups (broad SMARTS) is 1. The van der Waals surface area contributed by atoms with Crippen LogP contribution in [0, 0.1) is 0 Å². The monoisotopic (exact) mass is 248 g/mol. The van der Waals surface area contributed by atoms with Crippen molar-refractivity contribution in [1.29, 1.82) is 0 Å². The Balaban J connectivity index is 2.13. The van der Waals surface area contributed by atoms with Gasteiger partial charge in [-0.15, -0.1) is 0 Å². The van der Waals surface area contributed by atoms with Crippen molar-refractivity contribution in [1.82, 2.24) is 9.80 Å². The molecule has 0 bridgehead atoms. The molecule has 0 saturated heterocycles. The molecule has 0 atom stereocenters. The normalized spacial score (nSPS) is 13.8. The third kappa shape index (κ3) is 2.51. The zero-order chi connectivity index (χ0) is 13.3. The molecule has 1 aromatic carbocycles. The molecule has 1 aliphatic rings. The largest absolute Gasteiger partial charge is 0.478 e. The first-order chi connectivity index (χ1) is 8.47. The van der Waals surface area contributed by atoms with E-state index in [1.165, 1.54) is 0 Å². The van der Waals surface area contributed by atoms with Crippen LogP contribution in [0.2, 0.25) is 0 Å². The minimum absolute atomic E-state index is 0.0630. The van der Waals surface area contributed by atoms with Gasteiger partial charge in [0.15, 0.2) is 0 Å². The molecule has 18 heavy (non-hydrogen) atoms. The molecule has 96 valence electrons. The van der Waals surface area contributed by atoms with E-state index < -0.39 is 5.97 Å². The molecule has 1 heterocycles. The van der Waals surface area contributed by atoms with E-state index in [9.17, 15) is 9.59 Å². The predicted octanol–water partition coefficient (Wildman–Crippen LogP) is 0.789. The number of fused-ring (bicyclic) bond motifs is 1. The van der Waals surface area contributed by atoms with Crippen molar-refractivity contribution in [2.24, 2.45) is 0 Å². The first-order valence-corrected chi connectivity index (χ1v) is 5.75. The highest BCUT2D eigenvalue weighted by molar-refractivity contribution is 5.88. The molecule has 5 nitrogen and oxygen atoms in total. The lowest BCUT2D eigenvalue weighted by molar-refractivity contribution is -0.132. The molecular weight excluding hydrogens is 232 g/mol. The van der Waals surface area contributed by atoms with Gasteiger partial charge >= 0.3 is 5.97 Å². The minimum atomic E-state index is -0.934. The summed E-state index contributed by atoms with van der Waals surface area (Å²) in [6, 6.07) is 5.03. The fourth-order valence-electron chi connectivity index (χ4n) is 2.07. The molecule has 0 fully saturated rings. The van der Waals surface area contributed by atoms with Crippen molar-refractivity contribution in [3.05, 3.63) is 34.9 Å². The molecule has 0 aliphatic carbocycles. The summed E-state index contributed by atoms with van der Waals surface area (Å²) in [5.41, 5.74) is 2.24. The van der Waals surface area contributed by atoms with Crippen molar-refractivity contribution in [3.8, 4) is 0 Å². The Morgan fingerprint density at radius 1 is 1.28 bits per heavy atom. The van der Waals surface area contributed by atoms with Gasteiger partial charge in [-0.05, 0) is 37.4 Å². The second-order valence-electron chi connectivity index (χ2n) is 4.78. The molecule has 0 saturated carbocycles. The molecule has 1 aromatic rings. The van der Waals surface area contributed by atoms with Crippen molar-refractivity contribution >= 4 is 11.9 Å². The van der Waals surface area contributed by atoms with Gasteiger partial charge in [0.05, 0.1) is 12.1 Å². The van der Waals surface area contributed by atoms with Gasteiger partial charge in [0.1, 0.15) is 0 Å². The number of nitrogens with zero attached hydrogens (tertiary/aromatic N) is 2. The molecule has 0 aromatic heterocycles. The predicted molar refractivity (Wildman–Crippen MR) is 66.2 cm³/mol. The van der Waals surface area contributed by atoms with Crippen LogP contribution in [0.1, 0.15) is 21.5 Å². The van der Waals surface area contributed by atoms with Gasteiger partial charge in [-0.25, -0.2) is 4.79 Å². The molecule has 1 amide bonds. The Kier molecular flexibility index (Phi) is 3.34. The Bertz CT molecular complexity index is 497. The molecule has 1 aliphatic heterocycles. The van der Waals surface area contributed by atoms with Crippen LogP contribution < -0.4 is 0 Å². The quantitative estimate of drug-likeness (QED) is 0.859. The van der Waals surface area contributed by atoms with Gasteiger partial charge in [-0.2, -0.15) is 0 Å². The summed E-state index contributed by atoms with van der Waals surface area (Å²) in [6.45, 7) is 1.45. The zero-order valence-corrected chi connectivity index (χ0v) is 10.5. The summed E-state index contributed by atoms with van der Waals surface area (Å²) in [4.78, 5) is 26.4. The van der Waals surface area contributed by atoms with Gasteiger partial charge in [-0.3, -0.25) is 4.79 Å². The van der Waals surface area contributed by atoms with E-state index in [0.29, 0.717) is 19.6 Å². The number of amides is 1. The van der Waals surface area contributed by atoms with E-state index >= 15 is 0 Å². The van der Waals surface area contributed by atoms with E-state index in [-0.39, 0.29) is 11.5 Å². The van der Waals surface area contributed by atoms with Crippen LogP contribution in [0.5, 0.6) is 0 Å². The van der Waals surface area contributed by atoms with Crippen LogP contribution in [0.15, 0.2) is 18.2 Å². The van der Waals surface area contributed by atoms with Crippen LogP contribution in [0.3, 0.4) is 0 Å². The fraction of sp³-hybridized carbons (Fsp3) is 0.385. The fourth-order valence-corrected chi connectivity index (χ4v) is 2.07. The number of aromatic carboxylic acids is 1. The van der Waals surface area contributed by atoms with Crippen molar-refractivity contribution in [3.63, 3.8) is 0 Å². The number of carbonyl (C=O) groups is 2. The summed E-state index contributed by atoms with van der Waals surface area (Å²) in [5.74, 6) is -0.871. The maximum atomic E-state index is 11.9. The molecule has 1 N–H and O–H groups in total. The zero-order valence-electron chi connectivity index (χ0n) is 10.5. The topological polar surface area (TPSA) is 60.9 Å². The molecule has 2 rings (SSSR count). The molecule has 0 unspecified atom stereocenters. The van der Waals surface area contributed by atoms with E-state index in [1.54, 1.807) is 23.1 Å². The first kappa shape index (κ1) is 12.6. The highest BCUT2D eigenvalue weighted by atomic mass is 16.4. The van der Waals surface area contributed by atoms with Gasteiger partial charge < -0.3 is 14.9 Å². The molecule has 0 radical (unpaired) electrons. The standard InChI is InChI=1S/C13H16N2O3/c1-14(2)8-12(16)15-6-10-4-3-9(13(17)18)5-11(10)7-15/h3-5H,6-8H2,1-2H3,(H,17,18). The van der Waals surface area contributed by atoms with E-state index in [1.807, 2.05) is 19.0 Å². The smallest absolute Gasteiger partial charge is 0.335 e. The summed E-state index contributed by atoms with van der Waals surface area (Å²) < 4.78 is 0. The Hall–Kier alpha value is -1.88. The van der Waals surface area contributed by atoms with E-state index in [2.05, 4.69) is 0 Å². The third-order valence-corrected chi connectivity index (χ3v) is 2.98. The average Bonchev–Trinajstić information content (AvgIpc) is 2.70. The number of hydrogen-bond donors (Lipinski definition) is 1. The maximum Gasteiger partial charge on any atom is 0.335 e. The highest BCUT2D eigenvalue weighted by Crippen LogP contribution is 2.24. The summed E-state index contributed by atoms with van der Waals surface area (Å²) in [7, 11) is 3.70. The van der Waals surface area contributed by atoms with Gasteiger partial charge in [0.2, 0.25) is 5.91 Å². The second-order valence-corrected chi connectivity index (χ2v) is 4.78. The average molecular weight is 248 g/mol. The lowest BCUT2D eigenvalue weighted by Crippen LogP contribution is -2.34. The van der Waals surface area contributed by atoms with Crippen LogP contribution in [-0.4, -0.2) is 47.4 Å². The SMILES string of the molecule is CN(C)CC(=O)N1Cc2ccc(C(=O)O)cc2C1. The van der Waals surface area contributed by atoms with Crippen LogP contribution in [0.4, 0.5) is 0 Å². The van der Waals surface area contributed by atoms with Gasteiger partial charge in [0, 0.05) is 13.1 Å². The summed E-state index contributed by atoms with van der Waals surface area (Å²) >= 11 is 0. The number of benzene rings is 1. The van der Waals surface area contributed by atoms with Crippen LogP contribution >= 0.6 is 0 Å². The van der Waals surface area contributed by atoms with Crippen molar-refractivity contribution in [2.45, 2.75) is 13.1 Å². The number of carbonyl (C=O) groups excluding carboxylic acids is 1. The number of rotatable bonds is 3. The number of likely N-dealkylation sites (N-methyl/N-ethyl adjacent to an activating group) is 1. The first-order valence-electron chi connectivity index (χ1n) is 5.75. The Labute approximate surface area is 106 Å². The van der Waals surface area contributed by atoms with E-state index in [0.717, 1.165) is 11.1 Å². The number of carboxylic acids is 1. The third-order valence-electron chi connectivity index (χ3n) is 2.98. The molecule has 0 spiro atoms. The van der Waals surface area contributed by atoms with Gasteiger partial charge in [0.25, 0.3) is 0 Å². The highest BCUT2D eigenvalue weighted by Gasteiger charge is 2.24. The lowest BCUT2D eigenvalue weighted by atomic mass is 10.1. The van der Waals surface area contributed by atoms with Crippen molar-refractivity contribution < 1.29 is 14.7 Å². The molecular formula is C13H16N2O3.